The second-order valence-corrected chi connectivity index (χ2v) is 5.50. The molecule has 1 heterocycles. The van der Waals surface area contributed by atoms with Crippen molar-refractivity contribution >= 4 is 0 Å². The van der Waals surface area contributed by atoms with Gasteiger partial charge in [-0.05, 0) is 36.5 Å². The SMILES string of the molecule is C=C/C=C(/F)C(=C)NCc1ccc(C2CCCCC2)cn1. The molecule has 1 N–H and O–H groups in total. The first kappa shape index (κ1) is 15.5. The van der Waals surface area contributed by atoms with E-state index in [1.807, 2.05) is 12.3 Å². The van der Waals surface area contributed by atoms with Crippen molar-refractivity contribution < 1.29 is 4.39 Å². The van der Waals surface area contributed by atoms with Crippen molar-refractivity contribution in [3.63, 3.8) is 0 Å². The molecule has 0 spiro atoms. The Morgan fingerprint density at radius 2 is 2.10 bits per heavy atom. The van der Waals surface area contributed by atoms with Gasteiger partial charge < -0.3 is 5.32 Å². The molecule has 1 fully saturated rings. The summed E-state index contributed by atoms with van der Waals surface area (Å²) >= 11 is 0. The van der Waals surface area contributed by atoms with Crippen LogP contribution in [0.5, 0.6) is 0 Å². The smallest absolute Gasteiger partial charge is 0.145 e. The zero-order chi connectivity index (χ0) is 15.1. The number of hydrogen-bond donors (Lipinski definition) is 1. The summed E-state index contributed by atoms with van der Waals surface area (Å²) in [6.45, 7) is 7.58. The van der Waals surface area contributed by atoms with Crippen LogP contribution in [0.1, 0.15) is 49.3 Å². The molecule has 3 heteroatoms. The van der Waals surface area contributed by atoms with E-state index in [1.165, 1.54) is 49.8 Å². The highest BCUT2D eigenvalue weighted by Gasteiger charge is 2.15. The van der Waals surface area contributed by atoms with E-state index in [0.29, 0.717) is 12.5 Å². The average Bonchev–Trinajstić information content (AvgIpc) is 2.54. The first-order valence-corrected chi connectivity index (χ1v) is 7.57. The lowest BCUT2D eigenvalue weighted by molar-refractivity contribution is 0.442. The van der Waals surface area contributed by atoms with Gasteiger partial charge in [0.05, 0.1) is 17.9 Å². The molecule has 1 aliphatic carbocycles. The van der Waals surface area contributed by atoms with Crippen LogP contribution in [0.15, 0.2) is 55.2 Å². The number of pyridine rings is 1. The fourth-order valence-electron chi connectivity index (χ4n) is 2.70. The second-order valence-electron chi connectivity index (χ2n) is 5.50. The predicted octanol–water partition coefficient (Wildman–Crippen LogP) is 4.77. The van der Waals surface area contributed by atoms with E-state index in [0.717, 1.165) is 5.69 Å². The molecule has 0 atom stereocenters. The van der Waals surface area contributed by atoms with Gasteiger partial charge in [-0.15, -0.1) is 0 Å². The summed E-state index contributed by atoms with van der Waals surface area (Å²) < 4.78 is 13.4. The van der Waals surface area contributed by atoms with E-state index < -0.39 is 5.83 Å². The third-order valence-corrected chi connectivity index (χ3v) is 3.96. The van der Waals surface area contributed by atoms with E-state index in [9.17, 15) is 4.39 Å². The highest BCUT2D eigenvalue weighted by Crippen LogP contribution is 2.32. The molecule has 2 rings (SSSR count). The molecule has 1 saturated carbocycles. The maximum atomic E-state index is 13.4. The van der Waals surface area contributed by atoms with Crippen molar-refractivity contribution in [3.05, 3.63) is 66.4 Å². The van der Waals surface area contributed by atoms with Crippen LogP contribution in [-0.2, 0) is 6.54 Å². The Kier molecular flexibility index (Phi) is 5.73. The van der Waals surface area contributed by atoms with Crippen molar-refractivity contribution in [2.45, 2.75) is 44.6 Å². The monoisotopic (exact) mass is 286 g/mol. The summed E-state index contributed by atoms with van der Waals surface area (Å²) in [7, 11) is 0. The summed E-state index contributed by atoms with van der Waals surface area (Å²) in [6, 6.07) is 4.16. The summed E-state index contributed by atoms with van der Waals surface area (Å²) in [5.74, 6) is 0.264. The van der Waals surface area contributed by atoms with Crippen LogP contribution in [0, 0.1) is 0 Å². The second kappa shape index (κ2) is 7.77. The molecule has 0 amide bonds. The summed E-state index contributed by atoms with van der Waals surface area (Å²) in [5.41, 5.74) is 2.48. The number of nitrogens with zero attached hydrogens (tertiary/aromatic N) is 1. The van der Waals surface area contributed by atoms with Crippen molar-refractivity contribution in [2.24, 2.45) is 0 Å². The topological polar surface area (TPSA) is 24.9 Å². The molecule has 0 aromatic carbocycles. The number of halogens is 1. The standard InChI is InChI=1S/C18H23FN2/c1-3-7-18(19)14(2)20-13-17-11-10-16(12-21-17)15-8-5-4-6-9-15/h3,7,10-12,15,20H,1-2,4-6,8-9,13H2/b18-7+. The highest BCUT2D eigenvalue weighted by molar-refractivity contribution is 5.24. The summed E-state index contributed by atoms with van der Waals surface area (Å²) in [6.07, 6.45) is 11.2. The Balaban J connectivity index is 1.89. The van der Waals surface area contributed by atoms with Gasteiger partial charge in [-0.1, -0.05) is 44.6 Å². The van der Waals surface area contributed by atoms with Gasteiger partial charge in [-0.25, -0.2) is 4.39 Å². The Morgan fingerprint density at radius 3 is 2.71 bits per heavy atom. The van der Waals surface area contributed by atoms with Crippen molar-refractivity contribution in [3.8, 4) is 0 Å². The van der Waals surface area contributed by atoms with Crippen LogP contribution in [0.2, 0.25) is 0 Å². The largest absolute Gasteiger partial charge is 0.378 e. The molecule has 1 aromatic rings. The van der Waals surface area contributed by atoms with Crippen LogP contribution in [0.4, 0.5) is 4.39 Å². The zero-order valence-corrected chi connectivity index (χ0v) is 12.4. The number of allylic oxidation sites excluding steroid dienone is 3. The van der Waals surface area contributed by atoms with E-state index in [4.69, 9.17) is 0 Å². The molecule has 0 unspecified atom stereocenters. The van der Waals surface area contributed by atoms with E-state index in [-0.39, 0.29) is 5.70 Å². The van der Waals surface area contributed by atoms with Crippen molar-refractivity contribution in [2.75, 3.05) is 0 Å². The summed E-state index contributed by atoms with van der Waals surface area (Å²) in [4.78, 5) is 4.47. The third kappa shape index (κ3) is 4.55. The van der Waals surface area contributed by atoms with Crippen molar-refractivity contribution in [1.82, 2.24) is 10.3 Å². The minimum Gasteiger partial charge on any atom is -0.378 e. The lowest BCUT2D eigenvalue weighted by atomic mass is 9.85. The number of rotatable bonds is 6. The predicted molar refractivity (Wildman–Crippen MR) is 85.4 cm³/mol. The maximum absolute atomic E-state index is 13.4. The summed E-state index contributed by atoms with van der Waals surface area (Å²) in [5, 5.41) is 2.93. The van der Waals surface area contributed by atoms with Gasteiger partial charge >= 0.3 is 0 Å². The quantitative estimate of drug-likeness (QED) is 0.762. The fourth-order valence-corrected chi connectivity index (χ4v) is 2.70. The highest BCUT2D eigenvalue weighted by atomic mass is 19.1. The molecule has 21 heavy (non-hydrogen) atoms. The molecular weight excluding hydrogens is 263 g/mol. The molecule has 0 saturated heterocycles. The zero-order valence-electron chi connectivity index (χ0n) is 12.4. The lowest BCUT2D eigenvalue weighted by Crippen LogP contribution is -2.13. The van der Waals surface area contributed by atoms with Crippen LogP contribution in [-0.4, -0.2) is 4.98 Å². The molecule has 112 valence electrons. The molecule has 0 bridgehead atoms. The average molecular weight is 286 g/mol. The minimum atomic E-state index is -0.399. The third-order valence-electron chi connectivity index (χ3n) is 3.96. The first-order valence-electron chi connectivity index (χ1n) is 7.57. The van der Waals surface area contributed by atoms with Gasteiger partial charge in [0.1, 0.15) is 5.83 Å². The Morgan fingerprint density at radius 1 is 1.33 bits per heavy atom. The Bertz CT molecular complexity index is 511. The van der Waals surface area contributed by atoms with Gasteiger partial charge in [0.2, 0.25) is 0 Å². The van der Waals surface area contributed by atoms with Crippen LogP contribution >= 0.6 is 0 Å². The van der Waals surface area contributed by atoms with Crippen LogP contribution < -0.4 is 5.32 Å². The van der Waals surface area contributed by atoms with Gasteiger partial charge in [-0.3, -0.25) is 4.98 Å². The molecule has 0 aliphatic heterocycles. The molecule has 1 aromatic heterocycles. The van der Waals surface area contributed by atoms with Crippen molar-refractivity contribution in [1.29, 1.82) is 0 Å². The van der Waals surface area contributed by atoms with Crippen LogP contribution in [0.25, 0.3) is 0 Å². The molecule has 0 radical (unpaired) electrons. The van der Waals surface area contributed by atoms with Gasteiger partial charge in [0, 0.05) is 6.20 Å². The Hall–Kier alpha value is -1.90. The van der Waals surface area contributed by atoms with E-state index in [1.54, 1.807) is 0 Å². The van der Waals surface area contributed by atoms with E-state index >= 15 is 0 Å². The fraction of sp³-hybridized carbons (Fsp3) is 0.389. The number of hydrogen-bond acceptors (Lipinski definition) is 2. The Labute approximate surface area is 126 Å². The minimum absolute atomic E-state index is 0.257. The molecule has 2 nitrogen and oxygen atoms in total. The maximum Gasteiger partial charge on any atom is 0.145 e. The van der Waals surface area contributed by atoms with Gasteiger partial charge in [0.25, 0.3) is 0 Å². The lowest BCUT2D eigenvalue weighted by Gasteiger charge is -2.21. The van der Waals surface area contributed by atoms with Gasteiger partial charge in [0.15, 0.2) is 0 Å². The van der Waals surface area contributed by atoms with Crippen LogP contribution in [0.3, 0.4) is 0 Å². The number of nitrogens with one attached hydrogen (secondary N) is 1. The van der Waals surface area contributed by atoms with Gasteiger partial charge in [-0.2, -0.15) is 0 Å². The molecular formula is C18H23FN2. The van der Waals surface area contributed by atoms with E-state index in [2.05, 4.69) is 29.5 Å². The normalized spacial score (nSPS) is 16.5. The first-order chi connectivity index (χ1) is 10.2. The number of aromatic nitrogens is 1. The molecule has 1 aliphatic rings.